The van der Waals surface area contributed by atoms with Crippen molar-refractivity contribution in [1.29, 1.82) is 0 Å². The lowest BCUT2D eigenvalue weighted by atomic mass is 10.2. The minimum atomic E-state index is -0.621. The molecule has 7 heteroatoms. The molecule has 1 aromatic carbocycles. The minimum Gasteiger partial charge on any atom is -0.507 e. The van der Waals surface area contributed by atoms with Gasteiger partial charge in [0.25, 0.3) is 5.91 Å². The Hall–Kier alpha value is -2.57. The maximum absolute atomic E-state index is 12.8. The van der Waals surface area contributed by atoms with E-state index in [1.807, 2.05) is 0 Å². The van der Waals surface area contributed by atoms with Gasteiger partial charge in [0, 0.05) is 13.1 Å². The van der Waals surface area contributed by atoms with Crippen LogP contribution in [0, 0.1) is 5.82 Å². The summed E-state index contributed by atoms with van der Waals surface area (Å²) in [5.74, 6) is -1.34. The van der Waals surface area contributed by atoms with Crippen LogP contribution in [-0.2, 0) is 7.05 Å². The van der Waals surface area contributed by atoms with Gasteiger partial charge in [-0.15, -0.1) is 0 Å². The molecule has 1 aromatic heterocycles. The van der Waals surface area contributed by atoms with Crippen molar-refractivity contribution < 1.29 is 14.3 Å². The highest BCUT2D eigenvalue weighted by molar-refractivity contribution is 6.06. The van der Waals surface area contributed by atoms with E-state index in [-0.39, 0.29) is 5.56 Å². The van der Waals surface area contributed by atoms with Crippen LogP contribution in [0.4, 0.5) is 15.9 Å². The minimum absolute atomic E-state index is 0.0444. The molecule has 0 bridgehead atoms. The number of hydrogen-bond acceptors (Lipinski definition) is 4. The molecule has 0 fully saturated rings. The van der Waals surface area contributed by atoms with Crippen molar-refractivity contribution in [3.05, 3.63) is 35.8 Å². The number of benzene rings is 1. The molecule has 6 nitrogen and oxygen atoms in total. The van der Waals surface area contributed by atoms with Crippen LogP contribution in [0.5, 0.6) is 5.75 Å². The summed E-state index contributed by atoms with van der Waals surface area (Å²) in [4.78, 5) is 11.9. The zero-order chi connectivity index (χ0) is 13.3. The number of halogens is 1. The van der Waals surface area contributed by atoms with Crippen molar-refractivity contribution in [3.8, 4) is 5.75 Å². The van der Waals surface area contributed by atoms with Gasteiger partial charge in [-0.25, -0.2) is 4.39 Å². The second-order valence-corrected chi connectivity index (χ2v) is 3.69. The number of nitrogens with zero attached hydrogens (tertiary/aromatic N) is 2. The number of aryl methyl sites for hydroxylation is 1. The molecule has 0 atom stereocenters. The van der Waals surface area contributed by atoms with Crippen LogP contribution in [-0.4, -0.2) is 20.8 Å². The number of amides is 1. The average molecular weight is 250 g/mol. The maximum atomic E-state index is 12.8. The van der Waals surface area contributed by atoms with Crippen LogP contribution >= 0.6 is 0 Å². The van der Waals surface area contributed by atoms with Gasteiger partial charge in [0.05, 0.1) is 17.4 Å². The van der Waals surface area contributed by atoms with E-state index in [4.69, 9.17) is 5.73 Å². The summed E-state index contributed by atoms with van der Waals surface area (Å²) >= 11 is 0. The van der Waals surface area contributed by atoms with Gasteiger partial charge in [-0.05, 0) is 12.1 Å². The summed E-state index contributed by atoms with van der Waals surface area (Å²) in [5, 5.41) is 15.8. The van der Waals surface area contributed by atoms with Crippen molar-refractivity contribution in [3.63, 3.8) is 0 Å². The van der Waals surface area contributed by atoms with Crippen LogP contribution in [0.3, 0.4) is 0 Å². The van der Waals surface area contributed by atoms with Crippen molar-refractivity contribution in [2.45, 2.75) is 0 Å². The first-order valence-corrected chi connectivity index (χ1v) is 5.06. The number of phenols is 1. The van der Waals surface area contributed by atoms with E-state index in [2.05, 4.69) is 10.4 Å². The van der Waals surface area contributed by atoms with E-state index in [0.717, 1.165) is 12.1 Å². The summed E-state index contributed by atoms with van der Waals surface area (Å²) in [6.07, 6.45) is 1.39. The molecule has 18 heavy (non-hydrogen) atoms. The number of aromatic hydroxyl groups is 1. The largest absolute Gasteiger partial charge is 0.507 e. The van der Waals surface area contributed by atoms with Crippen LogP contribution in [0.1, 0.15) is 10.4 Å². The predicted molar refractivity (Wildman–Crippen MR) is 63.6 cm³/mol. The molecule has 0 saturated carbocycles. The molecule has 0 spiro atoms. The second kappa shape index (κ2) is 4.36. The normalized spacial score (nSPS) is 10.3. The molecule has 0 unspecified atom stereocenters. The molecule has 0 radical (unpaired) electrons. The topological polar surface area (TPSA) is 93.2 Å². The van der Waals surface area contributed by atoms with E-state index in [1.54, 1.807) is 7.05 Å². The Balaban J connectivity index is 2.28. The molecule has 0 aliphatic rings. The molecule has 0 aliphatic heterocycles. The Morgan fingerprint density at radius 3 is 2.83 bits per heavy atom. The summed E-state index contributed by atoms with van der Waals surface area (Å²) < 4.78 is 14.2. The van der Waals surface area contributed by atoms with Crippen LogP contribution in [0.2, 0.25) is 0 Å². The molecule has 0 aliphatic carbocycles. The number of carbonyl (C=O) groups is 1. The van der Waals surface area contributed by atoms with Gasteiger partial charge >= 0.3 is 0 Å². The Labute approximate surface area is 102 Å². The van der Waals surface area contributed by atoms with Crippen molar-refractivity contribution in [2.24, 2.45) is 7.05 Å². The Morgan fingerprint density at radius 2 is 2.28 bits per heavy atom. The third kappa shape index (κ3) is 2.10. The second-order valence-electron chi connectivity index (χ2n) is 3.69. The highest BCUT2D eigenvalue weighted by atomic mass is 19.1. The number of aromatic nitrogens is 2. The standard InChI is InChI=1S/C11H11FN4O2/c1-16-10(8(13)5-14-16)15-11(18)7-3-2-6(12)4-9(7)17/h2-5,17H,13H2,1H3,(H,15,18). The monoisotopic (exact) mass is 250 g/mol. The van der Waals surface area contributed by atoms with Gasteiger partial charge in [0.1, 0.15) is 11.6 Å². The third-order valence-electron chi connectivity index (χ3n) is 2.40. The predicted octanol–water partition coefficient (Wildman–Crippen LogP) is 1.10. The lowest BCUT2D eigenvalue weighted by molar-refractivity contribution is 0.102. The number of anilines is 2. The molecular formula is C11H11FN4O2. The van der Waals surface area contributed by atoms with Gasteiger partial charge < -0.3 is 16.2 Å². The Bertz CT molecular complexity index is 590. The molecule has 0 saturated heterocycles. The van der Waals surface area contributed by atoms with Crippen molar-refractivity contribution in [2.75, 3.05) is 11.1 Å². The van der Waals surface area contributed by atoms with E-state index in [0.29, 0.717) is 11.5 Å². The molecule has 4 N–H and O–H groups in total. The summed E-state index contributed by atoms with van der Waals surface area (Å²) in [6, 6.07) is 3.13. The van der Waals surface area contributed by atoms with Gasteiger partial charge in [-0.1, -0.05) is 0 Å². The van der Waals surface area contributed by atoms with Gasteiger partial charge in [0.2, 0.25) is 0 Å². The van der Waals surface area contributed by atoms with E-state index < -0.39 is 17.5 Å². The van der Waals surface area contributed by atoms with Gasteiger partial charge in [0.15, 0.2) is 5.82 Å². The number of rotatable bonds is 2. The summed E-state index contributed by atoms with van der Waals surface area (Å²) in [6.45, 7) is 0. The van der Waals surface area contributed by atoms with Crippen LogP contribution in [0.25, 0.3) is 0 Å². The smallest absolute Gasteiger partial charge is 0.260 e. The fraction of sp³-hybridized carbons (Fsp3) is 0.0909. The first-order valence-electron chi connectivity index (χ1n) is 5.06. The van der Waals surface area contributed by atoms with E-state index in [9.17, 15) is 14.3 Å². The maximum Gasteiger partial charge on any atom is 0.260 e. The first kappa shape index (κ1) is 11.9. The summed E-state index contributed by atoms with van der Waals surface area (Å²) in [5.41, 5.74) is 5.86. The number of nitrogens with two attached hydrogens (primary N) is 1. The molecule has 94 valence electrons. The Morgan fingerprint density at radius 1 is 1.56 bits per heavy atom. The molecule has 1 amide bonds. The molecule has 2 rings (SSSR count). The quantitative estimate of drug-likeness (QED) is 0.744. The molecule has 1 heterocycles. The van der Waals surface area contributed by atoms with Crippen LogP contribution < -0.4 is 11.1 Å². The van der Waals surface area contributed by atoms with Gasteiger partial charge in [-0.3, -0.25) is 9.48 Å². The lowest BCUT2D eigenvalue weighted by Gasteiger charge is -2.07. The van der Waals surface area contributed by atoms with E-state index in [1.165, 1.54) is 16.9 Å². The number of phenolic OH excluding ortho intramolecular Hbond substituents is 1. The first-order chi connectivity index (χ1) is 8.49. The zero-order valence-corrected chi connectivity index (χ0v) is 9.51. The number of nitrogen functional groups attached to an aromatic ring is 1. The zero-order valence-electron chi connectivity index (χ0n) is 9.51. The molecule has 2 aromatic rings. The lowest BCUT2D eigenvalue weighted by Crippen LogP contribution is -2.15. The number of hydrogen-bond donors (Lipinski definition) is 3. The number of nitrogens with one attached hydrogen (secondary N) is 1. The molecular weight excluding hydrogens is 239 g/mol. The third-order valence-corrected chi connectivity index (χ3v) is 2.40. The highest BCUT2D eigenvalue weighted by Crippen LogP contribution is 2.21. The van der Waals surface area contributed by atoms with Crippen molar-refractivity contribution in [1.82, 2.24) is 9.78 Å². The van der Waals surface area contributed by atoms with E-state index >= 15 is 0 Å². The SMILES string of the molecule is Cn1ncc(N)c1NC(=O)c1ccc(F)cc1O. The Kier molecular flexibility index (Phi) is 2.88. The fourth-order valence-electron chi connectivity index (χ4n) is 1.48. The average Bonchev–Trinajstić information content (AvgIpc) is 2.60. The number of carbonyl (C=O) groups excluding carboxylic acids is 1. The van der Waals surface area contributed by atoms with Crippen molar-refractivity contribution >= 4 is 17.4 Å². The summed E-state index contributed by atoms with van der Waals surface area (Å²) in [7, 11) is 1.61. The van der Waals surface area contributed by atoms with Crippen LogP contribution in [0.15, 0.2) is 24.4 Å². The van der Waals surface area contributed by atoms with Gasteiger partial charge in [-0.2, -0.15) is 5.10 Å². The fourth-order valence-corrected chi connectivity index (χ4v) is 1.48. The highest BCUT2D eigenvalue weighted by Gasteiger charge is 2.15.